The van der Waals surface area contributed by atoms with E-state index in [1.165, 1.54) is 11.3 Å². The summed E-state index contributed by atoms with van der Waals surface area (Å²) >= 11 is 1.54. The van der Waals surface area contributed by atoms with E-state index in [0.29, 0.717) is 6.42 Å². The number of aliphatic hydroxyl groups is 2. The van der Waals surface area contributed by atoms with Gasteiger partial charge in [-0.1, -0.05) is 0 Å². The van der Waals surface area contributed by atoms with Crippen molar-refractivity contribution in [1.82, 2.24) is 0 Å². The van der Waals surface area contributed by atoms with Gasteiger partial charge in [0, 0.05) is 17.9 Å². The highest BCUT2D eigenvalue weighted by molar-refractivity contribution is 7.10. The minimum Gasteiger partial charge on any atom is -0.396 e. The van der Waals surface area contributed by atoms with Gasteiger partial charge in [-0.15, -0.1) is 11.3 Å². The molecule has 2 nitrogen and oxygen atoms in total. The molecule has 0 fully saturated rings. The van der Waals surface area contributed by atoms with Crippen molar-refractivity contribution >= 4 is 11.3 Å². The number of thiophene rings is 1. The van der Waals surface area contributed by atoms with Crippen LogP contribution >= 0.6 is 11.3 Å². The van der Waals surface area contributed by atoms with Gasteiger partial charge in [0.15, 0.2) is 0 Å². The molecule has 0 aromatic carbocycles. The molecule has 62 valence electrons. The molecule has 1 atom stereocenters. The van der Waals surface area contributed by atoms with Gasteiger partial charge in [0.25, 0.3) is 0 Å². The first-order valence-electron chi connectivity index (χ1n) is 3.58. The normalized spacial score (nSPS) is 13.4. The quantitative estimate of drug-likeness (QED) is 0.725. The van der Waals surface area contributed by atoms with Gasteiger partial charge in [0.2, 0.25) is 0 Å². The molecule has 2 N–H and O–H groups in total. The predicted molar refractivity (Wildman–Crippen MR) is 45.7 cm³/mol. The molecule has 1 unspecified atom stereocenters. The van der Waals surface area contributed by atoms with Crippen LogP contribution in [0, 0.1) is 6.92 Å². The lowest BCUT2D eigenvalue weighted by atomic mass is 10.1. The Morgan fingerprint density at radius 1 is 1.64 bits per heavy atom. The fourth-order valence-corrected chi connectivity index (χ4v) is 1.93. The average molecular weight is 172 g/mol. The fourth-order valence-electron chi connectivity index (χ4n) is 0.979. The van der Waals surface area contributed by atoms with Crippen LogP contribution in [0.3, 0.4) is 0 Å². The largest absolute Gasteiger partial charge is 0.396 e. The average Bonchev–Trinajstić information content (AvgIpc) is 2.36. The Balaban J connectivity index is 2.67. The minimum atomic E-state index is -0.486. The van der Waals surface area contributed by atoms with E-state index < -0.39 is 6.10 Å². The zero-order chi connectivity index (χ0) is 8.27. The van der Waals surface area contributed by atoms with E-state index in [-0.39, 0.29) is 6.61 Å². The Morgan fingerprint density at radius 2 is 2.36 bits per heavy atom. The summed E-state index contributed by atoms with van der Waals surface area (Å²) in [4.78, 5) is 0.971. The number of hydrogen-bond donors (Lipinski definition) is 2. The molecular weight excluding hydrogens is 160 g/mol. The molecule has 1 heterocycles. The molecule has 11 heavy (non-hydrogen) atoms. The molecule has 1 rings (SSSR count). The van der Waals surface area contributed by atoms with Crippen molar-refractivity contribution in [2.24, 2.45) is 0 Å². The van der Waals surface area contributed by atoms with Crippen molar-refractivity contribution in [1.29, 1.82) is 0 Å². The van der Waals surface area contributed by atoms with E-state index >= 15 is 0 Å². The molecule has 0 amide bonds. The number of aryl methyl sites for hydroxylation is 1. The van der Waals surface area contributed by atoms with Crippen molar-refractivity contribution in [2.45, 2.75) is 19.4 Å². The standard InChI is InChI=1S/C8H12O2S/c1-6-3-5-11-8(6)7(10)2-4-9/h3,5,7,9-10H,2,4H2,1H3. The van der Waals surface area contributed by atoms with Crippen LogP contribution in [0.2, 0.25) is 0 Å². The molecule has 0 saturated heterocycles. The Kier molecular flexibility index (Phi) is 3.05. The molecule has 0 aliphatic carbocycles. The van der Waals surface area contributed by atoms with Crippen LogP contribution in [0.4, 0.5) is 0 Å². The molecule has 0 bridgehead atoms. The van der Waals surface area contributed by atoms with Crippen molar-refractivity contribution in [3.8, 4) is 0 Å². The van der Waals surface area contributed by atoms with Crippen molar-refractivity contribution in [2.75, 3.05) is 6.61 Å². The zero-order valence-electron chi connectivity index (χ0n) is 6.45. The number of rotatable bonds is 3. The third-order valence-electron chi connectivity index (χ3n) is 1.61. The SMILES string of the molecule is Cc1ccsc1C(O)CCO. The lowest BCUT2D eigenvalue weighted by molar-refractivity contribution is 0.137. The molecule has 0 aliphatic heterocycles. The molecule has 0 saturated carbocycles. The monoisotopic (exact) mass is 172 g/mol. The van der Waals surface area contributed by atoms with Gasteiger partial charge < -0.3 is 10.2 Å². The summed E-state index contributed by atoms with van der Waals surface area (Å²) in [5, 5.41) is 20.0. The minimum absolute atomic E-state index is 0.0402. The Bertz CT molecular complexity index is 220. The third-order valence-corrected chi connectivity index (χ3v) is 2.73. The second-order valence-electron chi connectivity index (χ2n) is 2.50. The van der Waals surface area contributed by atoms with Gasteiger partial charge in [0.05, 0.1) is 6.10 Å². The molecule has 0 spiro atoms. The van der Waals surface area contributed by atoms with Gasteiger partial charge in [-0.25, -0.2) is 0 Å². The number of hydrogen-bond acceptors (Lipinski definition) is 3. The first-order chi connectivity index (χ1) is 5.25. The van der Waals surface area contributed by atoms with Crippen molar-refractivity contribution in [3.05, 3.63) is 21.9 Å². The summed E-state index contributed by atoms with van der Waals surface area (Å²) in [5.41, 5.74) is 1.11. The zero-order valence-corrected chi connectivity index (χ0v) is 7.27. The molecule has 0 aliphatic rings. The van der Waals surface area contributed by atoms with Gasteiger partial charge in [-0.2, -0.15) is 0 Å². The summed E-state index contributed by atoms with van der Waals surface area (Å²) in [5.74, 6) is 0. The Labute approximate surface area is 70.1 Å². The van der Waals surface area contributed by atoms with E-state index in [1.54, 1.807) is 0 Å². The molecule has 1 aromatic heterocycles. The van der Waals surface area contributed by atoms with Crippen LogP contribution in [0.1, 0.15) is 23.0 Å². The summed E-state index contributed by atoms with van der Waals surface area (Å²) in [6.07, 6.45) is -0.0542. The van der Waals surface area contributed by atoms with E-state index in [9.17, 15) is 5.11 Å². The highest BCUT2D eigenvalue weighted by Gasteiger charge is 2.09. The maximum atomic E-state index is 9.44. The Hall–Kier alpha value is -0.380. The maximum Gasteiger partial charge on any atom is 0.0906 e. The molecule has 0 radical (unpaired) electrons. The topological polar surface area (TPSA) is 40.5 Å². The summed E-state index contributed by atoms with van der Waals surface area (Å²) in [6, 6.07) is 1.97. The van der Waals surface area contributed by atoms with Crippen molar-refractivity contribution in [3.63, 3.8) is 0 Å². The maximum absolute atomic E-state index is 9.44. The van der Waals surface area contributed by atoms with Crippen LogP contribution in [0.5, 0.6) is 0 Å². The van der Waals surface area contributed by atoms with Gasteiger partial charge in [-0.3, -0.25) is 0 Å². The smallest absolute Gasteiger partial charge is 0.0906 e. The van der Waals surface area contributed by atoms with E-state index in [4.69, 9.17) is 5.11 Å². The summed E-state index contributed by atoms with van der Waals surface area (Å²) in [7, 11) is 0. The first-order valence-corrected chi connectivity index (χ1v) is 4.46. The van der Waals surface area contributed by atoms with Crippen LogP contribution in [0.25, 0.3) is 0 Å². The Morgan fingerprint density at radius 3 is 2.82 bits per heavy atom. The van der Waals surface area contributed by atoms with Crippen LogP contribution in [-0.4, -0.2) is 16.8 Å². The van der Waals surface area contributed by atoms with Crippen LogP contribution < -0.4 is 0 Å². The second-order valence-corrected chi connectivity index (χ2v) is 3.44. The third kappa shape index (κ3) is 2.02. The van der Waals surface area contributed by atoms with E-state index in [2.05, 4.69) is 0 Å². The van der Waals surface area contributed by atoms with Crippen LogP contribution in [-0.2, 0) is 0 Å². The molecular formula is C8H12O2S. The summed E-state index contributed by atoms with van der Waals surface area (Å²) in [6.45, 7) is 2.00. The highest BCUT2D eigenvalue weighted by Crippen LogP contribution is 2.25. The second kappa shape index (κ2) is 3.85. The van der Waals surface area contributed by atoms with Gasteiger partial charge in [0.1, 0.15) is 0 Å². The molecule has 3 heteroatoms. The van der Waals surface area contributed by atoms with Gasteiger partial charge in [-0.05, 0) is 23.9 Å². The lowest BCUT2D eigenvalue weighted by Crippen LogP contribution is -1.98. The summed E-state index contributed by atoms with van der Waals surface area (Å²) < 4.78 is 0. The van der Waals surface area contributed by atoms with E-state index in [1.807, 2.05) is 18.4 Å². The molecule has 1 aromatic rings. The van der Waals surface area contributed by atoms with E-state index in [0.717, 1.165) is 10.4 Å². The van der Waals surface area contributed by atoms with Gasteiger partial charge >= 0.3 is 0 Å². The highest BCUT2D eigenvalue weighted by atomic mass is 32.1. The lowest BCUT2D eigenvalue weighted by Gasteiger charge is -2.06. The first kappa shape index (κ1) is 8.71. The van der Waals surface area contributed by atoms with Crippen molar-refractivity contribution < 1.29 is 10.2 Å². The predicted octanol–water partition coefficient (Wildman–Crippen LogP) is 1.47. The van der Waals surface area contributed by atoms with Crippen LogP contribution in [0.15, 0.2) is 11.4 Å². The fraction of sp³-hybridized carbons (Fsp3) is 0.500. The number of aliphatic hydroxyl groups excluding tert-OH is 2.